The molecule has 3 heterocycles. The van der Waals surface area contributed by atoms with Crippen molar-refractivity contribution in [3.63, 3.8) is 0 Å². The number of rotatable bonds is 3. The highest BCUT2D eigenvalue weighted by molar-refractivity contribution is 5.68. The molecular formula is C19H24N4O3. The third kappa shape index (κ3) is 4.68. The number of hydrogen-bond acceptors (Lipinski definition) is 6. The molecule has 0 N–H and O–H groups in total. The molecular weight excluding hydrogens is 332 g/mol. The van der Waals surface area contributed by atoms with Gasteiger partial charge in [-0.1, -0.05) is 0 Å². The summed E-state index contributed by atoms with van der Waals surface area (Å²) < 4.78 is 11.5. The predicted molar refractivity (Wildman–Crippen MR) is 96.7 cm³/mol. The molecule has 0 unspecified atom stereocenters. The number of nitrogens with zero attached hydrogens (tertiary/aromatic N) is 4. The molecule has 3 rings (SSSR count). The molecule has 0 radical (unpaired) electrons. The first kappa shape index (κ1) is 18.1. The number of ether oxygens (including phenoxy) is 2. The van der Waals surface area contributed by atoms with Crippen molar-refractivity contribution in [2.45, 2.75) is 45.3 Å². The SMILES string of the molecule is CC(C)(C)OC(=O)N1CCC(Oc2nccnc2-c2ccncc2)CC1. The lowest BCUT2D eigenvalue weighted by atomic mass is 10.1. The van der Waals surface area contributed by atoms with Crippen molar-refractivity contribution in [1.82, 2.24) is 19.9 Å². The van der Waals surface area contributed by atoms with Crippen LogP contribution in [0.25, 0.3) is 11.3 Å². The molecule has 0 aromatic carbocycles. The van der Waals surface area contributed by atoms with Crippen LogP contribution in [0.4, 0.5) is 4.79 Å². The summed E-state index contributed by atoms with van der Waals surface area (Å²) in [4.78, 5) is 26.6. The summed E-state index contributed by atoms with van der Waals surface area (Å²) in [7, 11) is 0. The van der Waals surface area contributed by atoms with Gasteiger partial charge in [-0.2, -0.15) is 0 Å². The standard InChI is InChI=1S/C19H24N4O3/c1-19(2,3)26-18(24)23-12-6-15(7-13-23)25-17-16(21-10-11-22-17)14-4-8-20-9-5-14/h4-5,8-11,15H,6-7,12-13H2,1-3H3. The Bertz CT molecular complexity index is 738. The van der Waals surface area contributed by atoms with E-state index in [0.29, 0.717) is 24.7 Å². The molecule has 0 aliphatic carbocycles. The van der Waals surface area contributed by atoms with Gasteiger partial charge in [0.25, 0.3) is 0 Å². The maximum absolute atomic E-state index is 12.2. The lowest BCUT2D eigenvalue weighted by Gasteiger charge is -2.33. The Labute approximate surface area is 153 Å². The van der Waals surface area contributed by atoms with Gasteiger partial charge in [-0.15, -0.1) is 0 Å². The number of pyridine rings is 1. The molecule has 0 spiro atoms. The highest BCUT2D eigenvalue weighted by Crippen LogP contribution is 2.27. The Morgan fingerprint density at radius 1 is 1.08 bits per heavy atom. The van der Waals surface area contributed by atoms with Crippen molar-refractivity contribution in [3.05, 3.63) is 36.9 Å². The first-order chi connectivity index (χ1) is 12.4. The van der Waals surface area contributed by atoms with Gasteiger partial charge in [-0.3, -0.25) is 4.98 Å². The van der Waals surface area contributed by atoms with Gasteiger partial charge in [0, 0.05) is 56.3 Å². The quantitative estimate of drug-likeness (QED) is 0.839. The zero-order valence-electron chi connectivity index (χ0n) is 15.4. The third-order valence-corrected chi connectivity index (χ3v) is 3.99. The molecule has 1 saturated heterocycles. The van der Waals surface area contributed by atoms with E-state index in [1.165, 1.54) is 0 Å². The molecule has 1 aliphatic rings. The first-order valence-corrected chi connectivity index (χ1v) is 8.78. The van der Waals surface area contributed by atoms with E-state index in [4.69, 9.17) is 9.47 Å². The highest BCUT2D eigenvalue weighted by atomic mass is 16.6. The zero-order chi connectivity index (χ0) is 18.6. The summed E-state index contributed by atoms with van der Waals surface area (Å²) in [6.45, 7) is 6.81. The smallest absolute Gasteiger partial charge is 0.410 e. The van der Waals surface area contributed by atoms with Crippen LogP contribution in [0.5, 0.6) is 5.88 Å². The molecule has 7 heteroatoms. The average molecular weight is 356 g/mol. The second-order valence-electron chi connectivity index (χ2n) is 7.23. The average Bonchev–Trinajstić information content (AvgIpc) is 2.62. The molecule has 2 aromatic rings. The van der Waals surface area contributed by atoms with Crippen LogP contribution in [0.2, 0.25) is 0 Å². The van der Waals surface area contributed by atoms with E-state index in [-0.39, 0.29) is 12.2 Å². The van der Waals surface area contributed by atoms with Crippen molar-refractivity contribution >= 4 is 6.09 Å². The number of carbonyl (C=O) groups is 1. The molecule has 1 fully saturated rings. The summed E-state index contributed by atoms with van der Waals surface area (Å²) in [5, 5.41) is 0. The van der Waals surface area contributed by atoms with E-state index in [0.717, 1.165) is 18.4 Å². The number of carbonyl (C=O) groups excluding carboxylic acids is 1. The molecule has 2 aromatic heterocycles. The summed E-state index contributed by atoms with van der Waals surface area (Å²) in [5.74, 6) is 0.509. The van der Waals surface area contributed by atoms with Crippen LogP contribution in [0.1, 0.15) is 33.6 Å². The second-order valence-corrected chi connectivity index (χ2v) is 7.23. The number of aromatic nitrogens is 3. The first-order valence-electron chi connectivity index (χ1n) is 8.78. The van der Waals surface area contributed by atoms with Crippen LogP contribution in [-0.2, 0) is 4.74 Å². The Morgan fingerprint density at radius 3 is 2.38 bits per heavy atom. The molecule has 1 amide bonds. The van der Waals surface area contributed by atoms with Gasteiger partial charge in [0.15, 0.2) is 0 Å². The Kier molecular flexibility index (Phi) is 5.35. The van der Waals surface area contributed by atoms with Crippen molar-refractivity contribution in [2.24, 2.45) is 0 Å². The minimum absolute atomic E-state index is 0.00836. The highest BCUT2D eigenvalue weighted by Gasteiger charge is 2.28. The van der Waals surface area contributed by atoms with E-state index in [2.05, 4.69) is 15.0 Å². The fourth-order valence-electron chi connectivity index (χ4n) is 2.76. The monoisotopic (exact) mass is 356 g/mol. The van der Waals surface area contributed by atoms with Crippen molar-refractivity contribution < 1.29 is 14.3 Å². The summed E-state index contributed by atoms with van der Waals surface area (Å²) in [5.41, 5.74) is 1.13. The number of hydrogen-bond donors (Lipinski definition) is 0. The predicted octanol–water partition coefficient (Wildman–Crippen LogP) is 3.32. The van der Waals surface area contributed by atoms with Gasteiger partial charge in [0.1, 0.15) is 17.4 Å². The van der Waals surface area contributed by atoms with Crippen LogP contribution in [0, 0.1) is 0 Å². The van der Waals surface area contributed by atoms with Crippen molar-refractivity contribution in [1.29, 1.82) is 0 Å². The third-order valence-electron chi connectivity index (χ3n) is 3.99. The van der Waals surface area contributed by atoms with Crippen molar-refractivity contribution in [3.8, 4) is 17.1 Å². The van der Waals surface area contributed by atoms with Gasteiger partial charge < -0.3 is 14.4 Å². The van der Waals surface area contributed by atoms with E-state index < -0.39 is 5.60 Å². The Balaban J connectivity index is 1.62. The fraction of sp³-hybridized carbons (Fsp3) is 0.474. The normalized spacial score (nSPS) is 15.6. The molecule has 0 saturated carbocycles. The largest absolute Gasteiger partial charge is 0.473 e. The lowest BCUT2D eigenvalue weighted by molar-refractivity contribution is 0.0123. The van der Waals surface area contributed by atoms with E-state index in [9.17, 15) is 4.79 Å². The molecule has 1 aliphatic heterocycles. The number of piperidine rings is 1. The van der Waals surface area contributed by atoms with Crippen LogP contribution >= 0.6 is 0 Å². The van der Waals surface area contributed by atoms with Crippen LogP contribution in [0.3, 0.4) is 0 Å². The lowest BCUT2D eigenvalue weighted by Crippen LogP contribution is -2.44. The van der Waals surface area contributed by atoms with E-state index in [1.807, 2.05) is 32.9 Å². The van der Waals surface area contributed by atoms with Crippen LogP contribution in [0.15, 0.2) is 36.9 Å². The molecule has 7 nitrogen and oxygen atoms in total. The molecule has 0 atom stereocenters. The summed E-state index contributed by atoms with van der Waals surface area (Å²) in [6, 6.07) is 3.75. The number of likely N-dealkylation sites (tertiary alicyclic amines) is 1. The minimum Gasteiger partial charge on any atom is -0.473 e. The van der Waals surface area contributed by atoms with Crippen LogP contribution in [-0.4, -0.2) is 50.7 Å². The molecule has 0 bridgehead atoms. The Hall–Kier alpha value is -2.70. The van der Waals surface area contributed by atoms with Crippen LogP contribution < -0.4 is 4.74 Å². The maximum atomic E-state index is 12.2. The fourth-order valence-corrected chi connectivity index (χ4v) is 2.76. The van der Waals surface area contributed by atoms with Gasteiger partial charge in [0.05, 0.1) is 0 Å². The second kappa shape index (κ2) is 7.68. The van der Waals surface area contributed by atoms with E-state index >= 15 is 0 Å². The molecule has 138 valence electrons. The Morgan fingerprint density at radius 2 is 1.73 bits per heavy atom. The van der Waals surface area contributed by atoms with E-state index in [1.54, 1.807) is 29.7 Å². The topological polar surface area (TPSA) is 77.4 Å². The van der Waals surface area contributed by atoms with Gasteiger partial charge in [0.2, 0.25) is 5.88 Å². The molecule has 26 heavy (non-hydrogen) atoms. The summed E-state index contributed by atoms with van der Waals surface area (Å²) in [6.07, 6.45) is 7.87. The minimum atomic E-state index is -0.483. The maximum Gasteiger partial charge on any atom is 0.410 e. The van der Waals surface area contributed by atoms with Gasteiger partial charge in [-0.05, 0) is 32.9 Å². The summed E-state index contributed by atoms with van der Waals surface area (Å²) >= 11 is 0. The number of amides is 1. The van der Waals surface area contributed by atoms with Crippen molar-refractivity contribution in [2.75, 3.05) is 13.1 Å². The van der Waals surface area contributed by atoms with Gasteiger partial charge >= 0.3 is 6.09 Å². The zero-order valence-corrected chi connectivity index (χ0v) is 15.4. The van der Waals surface area contributed by atoms with Gasteiger partial charge in [-0.25, -0.2) is 14.8 Å².